The molecule has 0 aromatic heterocycles. The maximum atomic E-state index is 11.2. The smallest absolute Gasteiger partial charge is 0.326 e. The van der Waals surface area contributed by atoms with Gasteiger partial charge in [-0.2, -0.15) is 0 Å². The minimum absolute atomic E-state index is 0.0224. The Morgan fingerprint density at radius 1 is 1.25 bits per heavy atom. The molecule has 5 nitrogen and oxygen atoms in total. The minimum atomic E-state index is -0.585. The third kappa shape index (κ3) is 1.99. The van der Waals surface area contributed by atoms with Gasteiger partial charge in [-0.25, -0.2) is 4.79 Å². The van der Waals surface area contributed by atoms with E-state index in [2.05, 4.69) is 5.32 Å². The van der Waals surface area contributed by atoms with Crippen LogP contribution in [-0.2, 0) is 4.79 Å². The Kier molecular flexibility index (Phi) is 2.54. The first kappa shape index (κ1) is 10.5. The van der Waals surface area contributed by atoms with E-state index in [1.165, 1.54) is 24.3 Å². The second kappa shape index (κ2) is 3.86. The number of hydrogen-bond acceptors (Lipinski definition) is 3. The molecule has 0 unspecified atom stereocenters. The van der Waals surface area contributed by atoms with Crippen molar-refractivity contribution in [2.75, 3.05) is 0 Å². The third-order valence-electron chi connectivity index (χ3n) is 2.01. The third-order valence-corrected chi connectivity index (χ3v) is 2.24. The number of rotatable bonds is 1. The fraction of sp³-hybridized carbons (Fsp3) is 0. The van der Waals surface area contributed by atoms with Crippen molar-refractivity contribution in [1.82, 2.24) is 10.6 Å². The highest BCUT2D eigenvalue weighted by Gasteiger charge is 2.23. The summed E-state index contributed by atoms with van der Waals surface area (Å²) >= 11 is 5.74. The van der Waals surface area contributed by atoms with E-state index in [1.54, 1.807) is 0 Å². The van der Waals surface area contributed by atoms with Gasteiger partial charge in [-0.3, -0.25) is 10.1 Å². The van der Waals surface area contributed by atoms with Crippen LogP contribution >= 0.6 is 11.6 Å². The molecule has 0 radical (unpaired) electrons. The first-order chi connectivity index (χ1) is 7.56. The topological polar surface area (TPSA) is 78.4 Å². The lowest BCUT2D eigenvalue weighted by atomic mass is 10.1. The van der Waals surface area contributed by atoms with Gasteiger partial charge in [0.05, 0.1) is 0 Å². The number of phenolic OH excluding ortho intramolecular Hbond substituents is 1. The molecule has 1 saturated heterocycles. The summed E-state index contributed by atoms with van der Waals surface area (Å²) in [5.74, 6) is -0.560. The van der Waals surface area contributed by atoms with Gasteiger partial charge in [0, 0.05) is 10.6 Å². The molecule has 1 aliphatic heterocycles. The van der Waals surface area contributed by atoms with Crippen LogP contribution in [0.2, 0.25) is 5.02 Å². The fourth-order valence-electron chi connectivity index (χ4n) is 1.28. The Balaban J connectivity index is 2.39. The van der Waals surface area contributed by atoms with E-state index in [1.807, 2.05) is 5.32 Å². The average Bonchev–Trinajstić information content (AvgIpc) is 2.51. The molecule has 3 amide bonds. The molecule has 0 aliphatic carbocycles. The number of amides is 3. The molecule has 1 aromatic carbocycles. The maximum absolute atomic E-state index is 11.2. The molecule has 1 aromatic rings. The van der Waals surface area contributed by atoms with E-state index >= 15 is 0 Å². The van der Waals surface area contributed by atoms with E-state index in [9.17, 15) is 14.7 Å². The largest absolute Gasteiger partial charge is 0.507 e. The second-order valence-electron chi connectivity index (χ2n) is 3.17. The summed E-state index contributed by atoms with van der Waals surface area (Å²) in [6.07, 6.45) is 1.35. The number of urea groups is 1. The number of halogens is 1. The minimum Gasteiger partial charge on any atom is -0.507 e. The van der Waals surface area contributed by atoms with Crippen LogP contribution in [-0.4, -0.2) is 17.0 Å². The Labute approximate surface area is 95.7 Å². The highest BCUT2D eigenvalue weighted by molar-refractivity contribution is 6.30. The number of hydrogen-bond donors (Lipinski definition) is 3. The van der Waals surface area contributed by atoms with Crippen molar-refractivity contribution in [3.63, 3.8) is 0 Å². The van der Waals surface area contributed by atoms with Crippen LogP contribution in [0.5, 0.6) is 5.75 Å². The molecule has 0 saturated carbocycles. The number of carbonyl (C=O) groups excluding carboxylic acids is 2. The lowest BCUT2D eigenvalue weighted by Crippen LogP contribution is -2.22. The van der Waals surface area contributed by atoms with E-state index in [-0.39, 0.29) is 11.4 Å². The Hall–Kier alpha value is -2.01. The van der Waals surface area contributed by atoms with Gasteiger partial charge in [0.25, 0.3) is 5.91 Å². The average molecular weight is 239 g/mol. The number of nitrogens with one attached hydrogen (secondary N) is 2. The molecule has 1 fully saturated rings. The standard InChI is InChI=1S/C10H7ClN2O3/c11-6-1-2-8(14)5(3-6)4-7-9(15)13-10(16)12-7/h1-4,14H,(H2,12,13,15,16)/b7-4+. The van der Waals surface area contributed by atoms with Gasteiger partial charge in [-0.15, -0.1) is 0 Å². The van der Waals surface area contributed by atoms with Gasteiger partial charge in [0.15, 0.2) is 0 Å². The number of carbonyl (C=O) groups is 2. The zero-order valence-corrected chi connectivity index (χ0v) is 8.71. The van der Waals surface area contributed by atoms with Crippen molar-refractivity contribution < 1.29 is 14.7 Å². The molecule has 0 atom stereocenters. The van der Waals surface area contributed by atoms with Gasteiger partial charge in [0.1, 0.15) is 11.4 Å². The van der Waals surface area contributed by atoms with Crippen molar-refractivity contribution in [3.05, 3.63) is 34.5 Å². The summed E-state index contributed by atoms with van der Waals surface area (Å²) in [6.45, 7) is 0. The molecule has 0 bridgehead atoms. The monoisotopic (exact) mass is 238 g/mol. The number of aromatic hydroxyl groups is 1. The predicted octanol–water partition coefficient (Wildman–Crippen LogP) is 1.23. The van der Waals surface area contributed by atoms with Crippen molar-refractivity contribution in [2.24, 2.45) is 0 Å². The molecule has 2 rings (SSSR count). The van der Waals surface area contributed by atoms with Crippen LogP contribution in [0.4, 0.5) is 4.79 Å². The molecule has 82 valence electrons. The summed E-state index contributed by atoms with van der Waals surface area (Å²) in [5.41, 5.74) is 0.433. The van der Waals surface area contributed by atoms with Crippen LogP contribution in [0.25, 0.3) is 6.08 Å². The molecular weight excluding hydrogens is 232 g/mol. The molecule has 1 heterocycles. The molecular formula is C10H7ClN2O3. The first-order valence-electron chi connectivity index (χ1n) is 4.39. The van der Waals surface area contributed by atoms with Crippen molar-refractivity contribution in [2.45, 2.75) is 0 Å². The molecule has 6 heteroatoms. The molecule has 16 heavy (non-hydrogen) atoms. The highest BCUT2D eigenvalue weighted by Crippen LogP contribution is 2.23. The van der Waals surface area contributed by atoms with Gasteiger partial charge < -0.3 is 10.4 Å². The van der Waals surface area contributed by atoms with Crippen LogP contribution in [0, 0.1) is 0 Å². The Morgan fingerprint density at radius 3 is 2.62 bits per heavy atom. The number of benzene rings is 1. The normalized spacial score (nSPS) is 17.4. The van der Waals surface area contributed by atoms with Crippen molar-refractivity contribution in [1.29, 1.82) is 0 Å². The van der Waals surface area contributed by atoms with Crippen molar-refractivity contribution in [3.8, 4) is 5.75 Å². The van der Waals surface area contributed by atoms with E-state index in [0.29, 0.717) is 10.6 Å². The quantitative estimate of drug-likeness (QED) is 0.509. The highest BCUT2D eigenvalue weighted by atomic mass is 35.5. The van der Waals surface area contributed by atoms with Gasteiger partial charge >= 0.3 is 6.03 Å². The first-order valence-corrected chi connectivity index (χ1v) is 4.76. The van der Waals surface area contributed by atoms with Gasteiger partial charge in [0.2, 0.25) is 0 Å². The summed E-state index contributed by atoms with van der Waals surface area (Å²) in [5, 5.41) is 14.3. The van der Waals surface area contributed by atoms with Gasteiger partial charge in [-0.05, 0) is 24.3 Å². The van der Waals surface area contributed by atoms with Crippen molar-refractivity contribution >= 4 is 29.6 Å². The van der Waals surface area contributed by atoms with Gasteiger partial charge in [-0.1, -0.05) is 11.6 Å². The molecule has 3 N–H and O–H groups in total. The Morgan fingerprint density at radius 2 is 2.00 bits per heavy atom. The summed E-state index contributed by atoms with van der Waals surface area (Å²) in [4.78, 5) is 22.0. The van der Waals surface area contributed by atoms with E-state index in [4.69, 9.17) is 11.6 Å². The zero-order valence-electron chi connectivity index (χ0n) is 7.95. The fourth-order valence-corrected chi connectivity index (χ4v) is 1.46. The lowest BCUT2D eigenvalue weighted by molar-refractivity contribution is -0.115. The maximum Gasteiger partial charge on any atom is 0.326 e. The number of imide groups is 1. The predicted molar refractivity (Wildman–Crippen MR) is 57.8 cm³/mol. The SMILES string of the molecule is O=C1NC(=O)/C(=C\c2cc(Cl)ccc2O)N1. The van der Waals surface area contributed by atoms with E-state index in [0.717, 1.165) is 0 Å². The van der Waals surface area contributed by atoms with Crippen LogP contribution < -0.4 is 10.6 Å². The summed E-state index contributed by atoms with van der Waals surface area (Å²) in [6, 6.07) is 3.83. The molecule has 0 spiro atoms. The second-order valence-corrected chi connectivity index (χ2v) is 3.61. The Bertz CT molecular complexity index is 511. The van der Waals surface area contributed by atoms with Crippen LogP contribution in [0.15, 0.2) is 23.9 Å². The van der Waals surface area contributed by atoms with Crippen LogP contribution in [0.3, 0.4) is 0 Å². The molecule has 1 aliphatic rings. The summed E-state index contributed by atoms with van der Waals surface area (Å²) in [7, 11) is 0. The summed E-state index contributed by atoms with van der Waals surface area (Å²) < 4.78 is 0. The van der Waals surface area contributed by atoms with Crippen LogP contribution in [0.1, 0.15) is 5.56 Å². The number of phenols is 1. The lowest BCUT2D eigenvalue weighted by Gasteiger charge is -2.00. The van der Waals surface area contributed by atoms with E-state index < -0.39 is 11.9 Å². The zero-order chi connectivity index (χ0) is 11.7.